The number of hydrogen-bond donors (Lipinski definition) is 0. The zero-order valence-electron chi connectivity index (χ0n) is 13.5. The second kappa shape index (κ2) is 5.19. The third-order valence-corrected chi connectivity index (χ3v) is 5.03. The molecular formula is C16H23N5O. The Labute approximate surface area is 130 Å². The zero-order valence-corrected chi connectivity index (χ0v) is 13.5. The molecule has 0 amide bonds. The van der Waals surface area contributed by atoms with Gasteiger partial charge in [-0.3, -0.25) is 9.58 Å². The van der Waals surface area contributed by atoms with Crippen LogP contribution < -0.4 is 0 Å². The third-order valence-electron chi connectivity index (χ3n) is 5.03. The molecule has 0 N–H and O–H groups in total. The molecule has 6 nitrogen and oxygen atoms in total. The first-order valence-corrected chi connectivity index (χ1v) is 8.20. The highest BCUT2D eigenvalue weighted by Gasteiger charge is 2.33. The van der Waals surface area contributed by atoms with Crippen LogP contribution in [0.15, 0.2) is 4.52 Å². The van der Waals surface area contributed by atoms with E-state index in [0.717, 1.165) is 30.5 Å². The molecule has 22 heavy (non-hydrogen) atoms. The summed E-state index contributed by atoms with van der Waals surface area (Å²) in [4.78, 5) is 7.03. The van der Waals surface area contributed by atoms with Gasteiger partial charge >= 0.3 is 0 Å². The molecule has 2 aromatic rings. The molecule has 6 heteroatoms. The topological polar surface area (TPSA) is 60.0 Å². The van der Waals surface area contributed by atoms with Gasteiger partial charge in [0, 0.05) is 30.3 Å². The standard InChI is InChI=1S/C16H23N5O/c1-10-15(11(2)20(3)18-10)13-5-4-8-21(13)9-14-17-16(19-22-14)12-6-7-12/h12-13H,4-9H2,1-3H3/t13-/m0/s1. The highest BCUT2D eigenvalue weighted by Crippen LogP contribution is 2.39. The van der Waals surface area contributed by atoms with Crippen molar-refractivity contribution < 1.29 is 4.52 Å². The van der Waals surface area contributed by atoms with Crippen molar-refractivity contribution >= 4 is 0 Å². The Kier molecular flexibility index (Phi) is 3.29. The first-order chi connectivity index (χ1) is 10.6. The monoisotopic (exact) mass is 301 g/mol. The van der Waals surface area contributed by atoms with Crippen molar-refractivity contribution in [2.24, 2.45) is 7.05 Å². The van der Waals surface area contributed by atoms with Crippen molar-refractivity contribution in [3.8, 4) is 0 Å². The maximum absolute atomic E-state index is 5.45. The van der Waals surface area contributed by atoms with E-state index in [9.17, 15) is 0 Å². The molecule has 1 aliphatic carbocycles. The van der Waals surface area contributed by atoms with Gasteiger partial charge < -0.3 is 4.52 Å². The lowest BCUT2D eigenvalue weighted by atomic mass is 10.0. The van der Waals surface area contributed by atoms with E-state index >= 15 is 0 Å². The highest BCUT2D eigenvalue weighted by molar-refractivity contribution is 5.29. The number of likely N-dealkylation sites (tertiary alicyclic amines) is 1. The van der Waals surface area contributed by atoms with Crippen molar-refractivity contribution in [3.05, 3.63) is 28.7 Å². The van der Waals surface area contributed by atoms with E-state index in [1.54, 1.807) is 0 Å². The van der Waals surface area contributed by atoms with Crippen molar-refractivity contribution in [1.82, 2.24) is 24.8 Å². The third kappa shape index (κ3) is 2.35. The van der Waals surface area contributed by atoms with Gasteiger partial charge in [0.25, 0.3) is 0 Å². The molecule has 1 saturated heterocycles. The largest absolute Gasteiger partial charge is 0.338 e. The molecule has 1 atom stereocenters. The lowest BCUT2D eigenvalue weighted by molar-refractivity contribution is 0.211. The summed E-state index contributed by atoms with van der Waals surface area (Å²) in [6.45, 7) is 6.10. The van der Waals surface area contributed by atoms with Crippen LogP contribution in [0.25, 0.3) is 0 Å². The average Bonchev–Trinajstić information content (AvgIpc) is 2.98. The van der Waals surface area contributed by atoms with Crippen molar-refractivity contribution in [3.63, 3.8) is 0 Å². The lowest BCUT2D eigenvalue weighted by Gasteiger charge is -2.23. The van der Waals surface area contributed by atoms with Crippen LogP contribution in [0.1, 0.15) is 66.3 Å². The van der Waals surface area contributed by atoms with E-state index in [2.05, 4.69) is 34.0 Å². The van der Waals surface area contributed by atoms with Gasteiger partial charge in [0.2, 0.25) is 5.89 Å². The van der Waals surface area contributed by atoms with Gasteiger partial charge in [-0.05, 0) is 46.1 Å². The maximum Gasteiger partial charge on any atom is 0.240 e. The van der Waals surface area contributed by atoms with Crippen LogP contribution in [0.5, 0.6) is 0 Å². The van der Waals surface area contributed by atoms with Gasteiger partial charge in [-0.15, -0.1) is 0 Å². The molecule has 4 rings (SSSR count). The summed E-state index contributed by atoms with van der Waals surface area (Å²) in [5.74, 6) is 2.21. The van der Waals surface area contributed by atoms with Crippen LogP contribution in [0, 0.1) is 13.8 Å². The highest BCUT2D eigenvalue weighted by atomic mass is 16.5. The van der Waals surface area contributed by atoms with E-state index < -0.39 is 0 Å². The van der Waals surface area contributed by atoms with E-state index in [-0.39, 0.29) is 0 Å². The second-order valence-electron chi connectivity index (χ2n) is 6.66. The molecule has 3 heterocycles. The van der Waals surface area contributed by atoms with Gasteiger partial charge in [0.05, 0.1) is 12.2 Å². The number of hydrogen-bond acceptors (Lipinski definition) is 5. The molecule has 0 radical (unpaired) electrons. The summed E-state index contributed by atoms with van der Waals surface area (Å²) in [5.41, 5.74) is 3.78. The Morgan fingerprint density at radius 3 is 2.73 bits per heavy atom. The zero-order chi connectivity index (χ0) is 15.3. The van der Waals surface area contributed by atoms with Crippen molar-refractivity contribution in [2.75, 3.05) is 6.54 Å². The summed E-state index contributed by atoms with van der Waals surface area (Å²) in [7, 11) is 2.02. The molecule has 2 aliphatic rings. The Morgan fingerprint density at radius 2 is 2.05 bits per heavy atom. The molecule has 0 aromatic carbocycles. The van der Waals surface area contributed by atoms with Gasteiger partial charge in [0.15, 0.2) is 5.82 Å². The van der Waals surface area contributed by atoms with Crippen molar-refractivity contribution in [2.45, 2.75) is 58.0 Å². The fourth-order valence-corrected chi connectivity index (χ4v) is 3.63. The van der Waals surface area contributed by atoms with Gasteiger partial charge in [-0.1, -0.05) is 5.16 Å². The molecule has 118 valence electrons. The average molecular weight is 301 g/mol. The maximum atomic E-state index is 5.45. The molecule has 2 aromatic heterocycles. The number of nitrogens with zero attached hydrogens (tertiary/aromatic N) is 5. The predicted octanol–water partition coefficient (Wildman–Crippen LogP) is 2.63. The molecular weight excluding hydrogens is 278 g/mol. The second-order valence-corrected chi connectivity index (χ2v) is 6.66. The number of aromatic nitrogens is 4. The van der Waals surface area contributed by atoms with Crippen LogP contribution in [-0.2, 0) is 13.6 Å². The molecule has 2 fully saturated rings. The fourth-order valence-electron chi connectivity index (χ4n) is 3.63. The normalized spacial score (nSPS) is 22.6. The first kappa shape index (κ1) is 13.9. The van der Waals surface area contributed by atoms with E-state index in [1.165, 1.54) is 36.9 Å². The molecule has 0 bridgehead atoms. The molecule has 0 spiro atoms. The van der Waals surface area contributed by atoms with Crippen molar-refractivity contribution in [1.29, 1.82) is 0 Å². The minimum Gasteiger partial charge on any atom is -0.338 e. The number of rotatable bonds is 4. The summed E-state index contributed by atoms with van der Waals surface area (Å²) in [6, 6.07) is 0.421. The van der Waals surface area contributed by atoms with Gasteiger partial charge in [-0.25, -0.2) is 0 Å². The van der Waals surface area contributed by atoms with Gasteiger partial charge in [-0.2, -0.15) is 10.1 Å². The quantitative estimate of drug-likeness (QED) is 0.869. The molecule has 1 saturated carbocycles. The smallest absolute Gasteiger partial charge is 0.240 e. The van der Waals surface area contributed by atoms with E-state index in [1.807, 2.05) is 11.7 Å². The van der Waals surface area contributed by atoms with E-state index in [0.29, 0.717) is 12.0 Å². The first-order valence-electron chi connectivity index (χ1n) is 8.20. The van der Waals surface area contributed by atoms with Crippen LogP contribution in [0.3, 0.4) is 0 Å². The minimum absolute atomic E-state index is 0.421. The summed E-state index contributed by atoms with van der Waals surface area (Å²) >= 11 is 0. The Balaban J connectivity index is 1.55. The lowest BCUT2D eigenvalue weighted by Crippen LogP contribution is -2.23. The fraction of sp³-hybridized carbons (Fsp3) is 0.688. The van der Waals surface area contributed by atoms with Crippen LogP contribution in [0.4, 0.5) is 0 Å². The van der Waals surface area contributed by atoms with Crippen LogP contribution in [0.2, 0.25) is 0 Å². The summed E-state index contributed by atoms with van der Waals surface area (Å²) in [6.07, 6.45) is 4.80. The Bertz CT molecular complexity index is 685. The summed E-state index contributed by atoms with van der Waals surface area (Å²) in [5, 5.41) is 8.70. The Morgan fingerprint density at radius 1 is 1.23 bits per heavy atom. The van der Waals surface area contributed by atoms with Crippen LogP contribution >= 0.6 is 0 Å². The summed E-state index contributed by atoms with van der Waals surface area (Å²) < 4.78 is 7.44. The molecule has 1 aliphatic heterocycles. The van der Waals surface area contributed by atoms with Crippen LogP contribution in [-0.4, -0.2) is 31.4 Å². The van der Waals surface area contributed by atoms with E-state index in [4.69, 9.17) is 4.52 Å². The molecule has 0 unspecified atom stereocenters. The minimum atomic E-state index is 0.421. The Hall–Kier alpha value is -1.69. The SMILES string of the molecule is Cc1nn(C)c(C)c1[C@@H]1CCCN1Cc1nc(C2CC2)no1. The van der Waals surface area contributed by atoms with Gasteiger partial charge in [0.1, 0.15) is 0 Å². The number of aryl methyl sites for hydroxylation is 2. The predicted molar refractivity (Wildman–Crippen MR) is 81.3 cm³/mol.